The van der Waals surface area contributed by atoms with Gasteiger partial charge in [0.2, 0.25) is 17.7 Å². The average Bonchev–Trinajstić information content (AvgIpc) is 3.78. The average molecular weight is 789 g/mol. The number of aryl methyl sites for hydroxylation is 2. The molecule has 0 aliphatic carbocycles. The molecule has 2 atom stereocenters. The summed E-state index contributed by atoms with van der Waals surface area (Å²) in [6.07, 6.45) is 2.14. The molecule has 1 fully saturated rings. The van der Waals surface area contributed by atoms with Crippen LogP contribution in [0.5, 0.6) is 0 Å². The van der Waals surface area contributed by atoms with Crippen LogP contribution in [0.2, 0.25) is 5.02 Å². The molecule has 8 rings (SSSR count). The summed E-state index contributed by atoms with van der Waals surface area (Å²) in [5.41, 5.74) is 8.61. The highest BCUT2D eigenvalue weighted by Gasteiger charge is 2.39. The summed E-state index contributed by atoms with van der Waals surface area (Å²) in [7, 11) is 0. The highest BCUT2D eigenvalue weighted by atomic mass is 35.5. The number of carbonyl (C=O) groups excluding carboxylic acids is 4. The number of hydrogen-bond acceptors (Lipinski definition) is 9. The molecule has 2 unspecified atom stereocenters. The Bertz CT molecular complexity index is 2400. The van der Waals surface area contributed by atoms with Gasteiger partial charge < -0.3 is 15.5 Å². The van der Waals surface area contributed by atoms with Crippen LogP contribution in [-0.2, 0) is 27.3 Å². The Morgan fingerprint density at radius 1 is 0.964 bits per heavy atom. The molecule has 12 nitrogen and oxygen atoms in total. The van der Waals surface area contributed by atoms with Gasteiger partial charge in [0.1, 0.15) is 22.9 Å². The lowest BCUT2D eigenvalue weighted by Gasteiger charge is -2.29. The van der Waals surface area contributed by atoms with Crippen molar-refractivity contribution in [1.29, 1.82) is 0 Å². The molecular formula is C42H41ClN8O4S. The molecule has 4 amide bonds. The standard InChI is InChI=1S/C42H41ClN8O4S/c1-23-24(2)56-42-37(23)38(28-8-10-30(43)11-9-28)46-33(39-49-48-25(3)51(39)42)21-36(53)45-18-4-17-44-31-12-5-26(6-13-31)19-27-7-14-32-29(20-27)22-50(41(32)55)34-15-16-35(52)47-40(34)54/h5-14,20,33-34,44H,4,15-19,21-22H2,1-3H3,(H,45,53)(H,47,52,54). The van der Waals surface area contributed by atoms with Crippen molar-refractivity contribution in [2.45, 2.75) is 71.5 Å². The van der Waals surface area contributed by atoms with Crippen LogP contribution in [0.4, 0.5) is 5.69 Å². The number of fused-ring (bicyclic) bond motifs is 4. The van der Waals surface area contributed by atoms with Crippen LogP contribution < -0.4 is 16.0 Å². The number of nitrogens with zero attached hydrogens (tertiary/aromatic N) is 5. The number of imide groups is 1. The predicted octanol–water partition coefficient (Wildman–Crippen LogP) is 6.16. The van der Waals surface area contributed by atoms with Gasteiger partial charge >= 0.3 is 0 Å². The van der Waals surface area contributed by atoms with Crippen molar-refractivity contribution in [3.8, 4) is 5.00 Å². The molecule has 0 spiro atoms. The van der Waals surface area contributed by atoms with Gasteiger partial charge in [0.25, 0.3) is 5.91 Å². The maximum absolute atomic E-state index is 13.4. The number of anilines is 1. The summed E-state index contributed by atoms with van der Waals surface area (Å²) >= 11 is 7.91. The second-order valence-corrected chi connectivity index (χ2v) is 16.1. The van der Waals surface area contributed by atoms with Crippen molar-refractivity contribution in [2.24, 2.45) is 4.99 Å². The first-order valence-electron chi connectivity index (χ1n) is 18.8. The van der Waals surface area contributed by atoms with Crippen LogP contribution in [0.15, 0.2) is 71.7 Å². The monoisotopic (exact) mass is 788 g/mol. The molecule has 286 valence electrons. The van der Waals surface area contributed by atoms with E-state index in [1.165, 1.54) is 4.88 Å². The summed E-state index contributed by atoms with van der Waals surface area (Å²) < 4.78 is 2.05. The number of rotatable bonds is 11. The zero-order chi connectivity index (χ0) is 39.1. The van der Waals surface area contributed by atoms with Crippen molar-refractivity contribution in [3.05, 3.63) is 127 Å². The normalized spacial score (nSPS) is 17.5. The third kappa shape index (κ3) is 7.36. The number of benzene rings is 3. The van der Waals surface area contributed by atoms with E-state index in [4.69, 9.17) is 16.6 Å². The fourth-order valence-corrected chi connectivity index (χ4v) is 8.98. The number of hydrogen-bond donors (Lipinski definition) is 3. The van der Waals surface area contributed by atoms with Crippen LogP contribution in [0.25, 0.3) is 5.00 Å². The Hall–Kier alpha value is -5.66. The second kappa shape index (κ2) is 15.5. The summed E-state index contributed by atoms with van der Waals surface area (Å²) in [5, 5.41) is 19.4. The van der Waals surface area contributed by atoms with E-state index in [0.29, 0.717) is 48.9 Å². The SMILES string of the molecule is Cc1sc2c(c1C)C(c1ccc(Cl)cc1)=NC(CC(=O)NCCCNc1ccc(Cc3ccc4c(c3)CN(C3CCC(=O)NC3=O)C4=O)cc1)c1nnc(C)n1-2. The molecule has 3 aliphatic rings. The van der Waals surface area contributed by atoms with Gasteiger partial charge in [-0.25, -0.2) is 0 Å². The van der Waals surface area contributed by atoms with Crippen molar-refractivity contribution in [3.63, 3.8) is 0 Å². The molecule has 2 aromatic heterocycles. The lowest BCUT2D eigenvalue weighted by molar-refractivity contribution is -0.137. The minimum atomic E-state index is -0.624. The Balaban J connectivity index is 0.844. The lowest BCUT2D eigenvalue weighted by atomic mass is 9.99. The van der Waals surface area contributed by atoms with Crippen LogP contribution in [0.3, 0.4) is 0 Å². The molecule has 5 heterocycles. The van der Waals surface area contributed by atoms with Crippen molar-refractivity contribution in [1.82, 2.24) is 30.3 Å². The van der Waals surface area contributed by atoms with E-state index in [0.717, 1.165) is 62.0 Å². The Labute approximate surface area is 333 Å². The van der Waals surface area contributed by atoms with Gasteiger partial charge in [-0.15, -0.1) is 21.5 Å². The number of halogens is 1. The maximum Gasteiger partial charge on any atom is 0.255 e. The third-order valence-corrected chi connectivity index (χ3v) is 12.1. The summed E-state index contributed by atoms with van der Waals surface area (Å²) in [4.78, 5) is 58.3. The van der Waals surface area contributed by atoms with Crippen LogP contribution in [-0.4, -0.2) is 68.1 Å². The maximum atomic E-state index is 13.4. The van der Waals surface area contributed by atoms with Crippen LogP contribution in [0, 0.1) is 20.8 Å². The van der Waals surface area contributed by atoms with Crippen LogP contribution >= 0.6 is 22.9 Å². The van der Waals surface area contributed by atoms with Crippen LogP contribution in [0.1, 0.15) is 92.0 Å². The van der Waals surface area contributed by atoms with E-state index in [2.05, 4.69) is 52.1 Å². The molecule has 0 saturated carbocycles. The minimum absolute atomic E-state index is 0.108. The Kier molecular flexibility index (Phi) is 10.3. The third-order valence-electron chi connectivity index (χ3n) is 10.7. The highest BCUT2D eigenvalue weighted by molar-refractivity contribution is 7.15. The van der Waals surface area contributed by atoms with Crippen molar-refractivity contribution < 1.29 is 19.2 Å². The zero-order valence-corrected chi connectivity index (χ0v) is 32.9. The molecule has 5 aromatic rings. The number of carbonyl (C=O) groups is 4. The molecule has 1 saturated heterocycles. The smallest absolute Gasteiger partial charge is 0.255 e. The van der Waals surface area contributed by atoms with Crippen molar-refractivity contribution in [2.75, 3.05) is 18.4 Å². The number of thiophene rings is 1. The van der Waals surface area contributed by atoms with Gasteiger partial charge in [-0.1, -0.05) is 48.0 Å². The van der Waals surface area contributed by atoms with Gasteiger partial charge in [0, 0.05) is 58.3 Å². The molecular weight excluding hydrogens is 748 g/mol. The fourth-order valence-electron chi connectivity index (χ4n) is 7.64. The first kappa shape index (κ1) is 37.3. The minimum Gasteiger partial charge on any atom is -0.385 e. The van der Waals surface area contributed by atoms with E-state index in [9.17, 15) is 19.2 Å². The molecule has 0 radical (unpaired) electrons. The number of piperidine rings is 1. The quantitative estimate of drug-likeness (QED) is 0.107. The molecule has 3 aromatic carbocycles. The lowest BCUT2D eigenvalue weighted by Crippen LogP contribution is -2.52. The summed E-state index contributed by atoms with van der Waals surface area (Å²) in [6, 6.07) is 20.6. The largest absolute Gasteiger partial charge is 0.385 e. The first-order chi connectivity index (χ1) is 27.0. The number of nitrogens with one attached hydrogen (secondary N) is 3. The Morgan fingerprint density at radius 3 is 2.50 bits per heavy atom. The fraction of sp³-hybridized carbons (Fsp3) is 0.310. The van der Waals surface area contributed by atoms with Gasteiger partial charge in [-0.05, 0) is 92.6 Å². The van der Waals surface area contributed by atoms with Crippen molar-refractivity contribution >= 4 is 58.0 Å². The highest BCUT2D eigenvalue weighted by Crippen LogP contribution is 2.39. The first-order valence-corrected chi connectivity index (χ1v) is 20.0. The predicted molar refractivity (Wildman–Crippen MR) is 216 cm³/mol. The van der Waals surface area contributed by atoms with E-state index in [1.54, 1.807) is 16.2 Å². The van der Waals surface area contributed by atoms with Gasteiger partial charge in [0.15, 0.2) is 5.82 Å². The van der Waals surface area contributed by atoms with Gasteiger partial charge in [-0.3, -0.25) is 34.1 Å². The van der Waals surface area contributed by atoms with Gasteiger partial charge in [0.05, 0.1) is 12.1 Å². The molecule has 56 heavy (non-hydrogen) atoms. The summed E-state index contributed by atoms with van der Waals surface area (Å²) in [5.74, 6) is 0.421. The number of aromatic nitrogens is 3. The number of aliphatic imine (C=N–C) groups is 1. The molecule has 3 aliphatic heterocycles. The zero-order valence-electron chi connectivity index (χ0n) is 31.3. The van der Waals surface area contributed by atoms with Gasteiger partial charge in [-0.2, -0.15) is 0 Å². The van der Waals surface area contributed by atoms with E-state index in [-0.39, 0.29) is 30.6 Å². The molecule has 0 bridgehead atoms. The van der Waals surface area contributed by atoms with E-state index >= 15 is 0 Å². The Morgan fingerprint density at radius 2 is 1.73 bits per heavy atom. The molecule has 3 N–H and O–H groups in total. The topological polar surface area (TPSA) is 151 Å². The van der Waals surface area contributed by atoms with E-state index < -0.39 is 18.0 Å². The number of amides is 4. The summed E-state index contributed by atoms with van der Waals surface area (Å²) in [6.45, 7) is 7.67. The second-order valence-electron chi connectivity index (χ2n) is 14.5. The molecule has 14 heteroatoms. The van der Waals surface area contributed by atoms with E-state index in [1.807, 2.05) is 66.1 Å².